The summed E-state index contributed by atoms with van der Waals surface area (Å²) in [5, 5.41) is 42.4. The molecular weight excluding hydrogens is 572 g/mol. The van der Waals surface area contributed by atoms with Crippen LogP contribution >= 0.6 is 0 Å². The molecule has 0 saturated heterocycles. The molecule has 0 heterocycles. The number of carbonyl (C=O) groups is 2. The molecule has 2 rings (SSSR count). The van der Waals surface area contributed by atoms with E-state index in [1.165, 1.54) is 45.5 Å². The molecule has 44 heavy (non-hydrogen) atoms. The SMILES string of the molecule is COCC(C)(C)C(C(=O)O)N(CCN(Cc1cc(OC)ccc1O)Cc1cc(OC)ccc1O)C(C(=O)O)C(C)(C)COC. The van der Waals surface area contributed by atoms with Crippen molar-refractivity contribution in [3.05, 3.63) is 47.5 Å². The summed E-state index contributed by atoms with van der Waals surface area (Å²) in [6, 6.07) is 7.16. The van der Waals surface area contributed by atoms with Crippen LogP contribution in [-0.4, -0.2) is 109 Å². The molecule has 12 nitrogen and oxygen atoms in total. The molecule has 12 heteroatoms. The number of hydrogen-bond donors (Lipinski definition) is 4. The lowest BCUT2D eigenvalue weighted by Crippen LogP contribution is -2.63. The van der Waals surface area contributed by atoms with Gasteiger partial charge in [-0.05, 0) is 36.4 Å². The molecule has 0 aliphatic carbocycles. The van der Waals surface area contributed by atoms with E-state index >= 15 is 0 Å². The van der Waals surface area contributed by atoms with E-state index in [4.69, 9.17) is 18.9 Å². The Kier molecular flexibility index (Phi) is 13.3. The fourth-order valence-electron chi connectivity index (χ4n) is 5.74. The number of carboxylic acid groups (broad SMARTS) is 2. The molecule has 0 aromatic heterocycles. The summed E-state index contributed by atoms with van der Waals surface area (Å²) in [7, 11) is 5.97. The molecule has 0 bridgehead atoms. The van der Waals surface area contributed by atoms with Gasteiger partial charge in [-0.3, -0.25) is 19.4 Å². The van der Waals surface area contributed by atoms with Crippen LogP contribution < -0.4 is 9.47 Å². The van der Waals surface area contributed by atoms with Crippen LogP contribution in [0.3, 0.4) is 0 Å². The zero-order valence-electron chi connectivity index (χ0n) is 27.0. The highest BCUT2D eigenvalue weighted by Gasteiger charge is 2.49. The predicted molar refractivity (Wildman–Crippen MR) is 164 cm³/mol. The van der Waals surface area contributed by atoms with Crippen LogP contribution in [0.1, 0.15) is 38.8 Å². The normalized spacial score (nSPS) is 13.6. The molecule has 0 radical (unpaired) electrons. The summed E-state index contributed by atoms with van der Waals surface area (Å²) >= 11 is 0. The Hall–Kier alpha value is -3.58. The average molecular weight is 621 g/mol. The van der Waals surface area contributed by atoms with E-state index in [1.54, 1.807) is 52.0 Å². The van der Waals surface area contributed by atoms with E-state index in [-0.39, 0.29) is 50.9 Å². The highest BCUT2D eigenvalue weighted by atomic mass is 16.5. The van der Waals surface area contributed by atoms with Gasteiger partial charge < -0.3 is 39.4 Å². The fourth-order valence-corrected chi connectivity index (χ4v) is 5.74. The largest absolute Gasteiger partial charge is 0.508 e. The van der Waals surface area contributed by atoms with Crippen molar-refractivity contribution in [2.24, 2.45) is 10.8 Å². The van der Waals surface area contributed by atoms with Gasteiger partial charge in [0.1, 0.15) is 35.1 Å². The number of carboxylic acids is 2. The number of rotatable bonds is 19. The van der Waals surface area contributed by atoms with Crippen LogP contribution in [0, 0.1) is 10.8 Å². The number of aliphatic carboxylic acids is 2. The third-order valence-electron chi connectivity index (χ3n) is 7.68. The minimum Gasteiger partial charge on any atom is -0.508 e. The molecule has 0 spiro atoms. The Morgan fingerprint density at radius 2 is 1.09 bits per heavy atom. The maximum atomic E-state index is 12.9. The van der Waals surface area contributed by atoms with Crippen molar-refractivity contribution in [2.45, 2.75) is 52.9 Å². The Balaban J connectivity index is 2.65. The van der Waals surface area contributed by atoms with Gasteiger partial charge in [0.15, 0.2) is 0 Å². The molecule has 4 N–H and O–H groups in total. The lowest BCUT2D eigenvalue weighted by molar-refractivity contribution is -0.164. The quantitative estimate of drug-likeness (QED) is 0.181. The van der Waals surface area contributed by atoms with Gasteiger partial charge in [-0.15, -0.1) is 0 Å². The molecule has 0 amide bonds. The van der Waals surface area contributed by atoms with Crippen LogP contribution in [0.5, 0.6) is 23.0 Å². The second-order valence-corrected chi connectivity index (χ2v) is 12.3. The van der Waals surface area contributed by atoms with Crippen molar-refractivity contribution in [2.75, 3.05) is 54.7 Å². The summed E-state index contributed by atoms with van der Waals surface area (Å²) in [5.41, 5.74) is -0.916. The van der Waals surface area contributed by atoms with Crippen LogP contribution in [-0.2, 0) is 32.2 Å². The van der Waals surface area contributed by atoms with Crippen molar-refractivity contribution in [3.63, 3.8) is 0 Å². The molecule has 2 unspecified atom stereocenters. The van der Waals surface area contributed by atoms with Crippen LogP contribution in [0.4, 0.5) is 0 Å². The Morgan fingerprint density at radius 1 is 0.705 bits per heavy atom. The zero-order chi connectivity index (χ0) is 33.2. The number of aromatic hydroxyl groups is 2. The van der Waals surface area contributed by atoms with Crippen molar-refractivity contribution in [3.8, 4) is 23.0 Å². The Bertz CT molecular complexity index is 1160. The first-order valence-corrected chi connectivity index (χ1v) is 14.2. The standard InChI is InChI=1S/C32H48N2O10/c1-31(2,19-41-5)27(29(37)38)34(28(30(39)40)32(3,4)20-42-6)14-13-33(17-21-15-23(43-7)9-11-25(21)35)18-22-16-24(44-8)10-12-26(22)36/h9-12,15-16,27-28,35-36H,13-14,17-20H2,1-8H3,(H,37,38)(H,39,40). The monoisotopic (exact) mass is 620 g/mol. The van der Waals surface area contributed by atoms with Gasteiger partial charge in [0.05, 0.1) is 27.4 Å². The molecule has 246 valence electrons. The van der Waals surface area contributed by atoms with Crippen LogP contribution in [0.25, 0.3) is 0 Å². The number of phenolic OH excluding ortho intramolecular Hbond substituents is 2. The van der Waals surface area contributed by atoms with Crippen molar-refractivity contribution in [1.29, 1.82) is 0 Å². The van der Waals surface area contributed by atoms with E-state index in [0.29, 0.717) is 22.6 Å². The Labute approximate surface area is 259 Å². The van der Waals surface area contributed by atoms with E-state index in [0.717, 1.165) is 0 Å². The van der Waals surface area contributed by atoms with Crippen molar-refractivity contribution in [1.82, 2.24) is 9.80 Å². The second kappa shape index (κ2) is 15.9. The van der Waals surface area contributed by atoms with E-state index in [1.807, 2.05) is 4.90 Å². The Morgan fingerprint density at radius 3 is 1.41 bits per heavy atom. The number of methoxy groups -OCH3 is 4. The molecular formula is C32H48N2O10. The summed E-state index contributed by atoms with van der Waals surface area (Å²) < 4.78 is 21.4. The van der Waals surface area contributed by atoms with E-state index < -0.39 is 34.9 Å². The van der Waals surface area contributed by atoms with Gasteiger partial charge in [0.25, 0.3) is 0 Å². The minimum atomic E-state index is -1.25. The van der Waals surface area contributed by atoms with E-state index in [2.05, 4.69) is 0 Å². The first-order chi connectivity index (χ1) is 20.6. The summed E-state index contributed by atoms with van der Waals surface area (Å²) in [6.07, 6.45) is 0. The third kappa shape index (κ3) is 9.46. The fraction of sp³-hybridized carbons (Fsp3) is 0.562. The number of hydrogen-bond acceptors (Lipinski definition) is 10. The maximum Gasteiger partial charge on any atom is 0.321 e. The van der Waals surface area contributed by atoms with Crippen molar-refractivity contribution >= 4 is 11.9 Å². The topological polar surface area (TPSA) is 158 Å². The lowest BCUT2D eigenvalue weighted by atomic mass is 9.78. The number of phenols is 2. The average Bonchev–Trinajstić information content (AvgIpc) is 2.92. The molecule has 0 aliphatic rings. The molecule has 2 aromatic rings. The van der Waals surface area contributed by atoms with Gasteiger partial charge in [0.2, 0.25) is 0 Å². The highest BCUT2D eigenvalue weighted by molar-refractivity contribution is 5.79. The first-order valence-electron chi connectivity index (χ1n) is 14.2. The van der Waals surface area contributed by atoms with E-state index in [9.17, 15) is 30.0 Å². The van der Waals surface area contributed by atoms with Gasteiger partial charge in [-0.2, -0.15) is 0 Å². The second-order valence-electron chi connectivity index (χ2n) is 12.3. The number of ether oxygens (including phenoxy) is 4. The molecule has 0 aliphatic heterocycles. The summed E-state index contributed by atoms with van der Waals surface area (Å²) in [5.74, 6) is -1.26. The first kappa shape index (κ1) is 36.6. The highest BCUT2D eigenvalue weighted by Crippen LogP contribution is 2.35. The maximum absolute atomic E-state index is 12.9. The molecule has 2 atom stereocenters. The molecule has 0 saturated carbocycles. The molecule has 2 aromatic carbocycles. The van der Waals surface area contributed by atoms with Crippen LogP contribution in [0.2, 0.25) is 0 Å². The van der Waals surface area contributed by atoms with Gasteiger partial charge >= 0.3 is 11.9 Å². The van der Waals surface area contributed by atoms with Gasteiger partial charge in [-0.25, -0.2) is 0 Å². The third-order valence-corrected chi connectivity index (χ3v) is 7.68. The predicted octanol–water partition coefficient (Wildman–Crippen LogP) is 3.67. The van der Waals surface area contributed by atoms with Crippen molar-refractivity contribution < 1.29 is 49.0 Å². The van der Waals surface area contributed by atoms with Crippen LogP contribution in [0.15, 0.2) is 36.4 Å². The lowest BCUT2D eigenvalue weighted by Gasteiger charge is -2.46. The minimum absolute atomic E-state index is 0.00365. The summed E-state index contributed by atoms with van der Waals surface area (Å²) in [6.45, 7) is 7.55. The number of benzene rings is 2. The van der Waals surface area contributed by atoms with Gasteiger partial charge in [0, 0.05) is 62.4 Å². The number of nitrogens with zero attached hydrogens (tertiary/aromatic N) is 2. The molecule has 0 fully saturated rings. The zero-order valence-corrected chi connectivity index (χ0v) is 27.0. The smallest absolute Gasteiger partial charge is 0.321 e. The summed E-state index contributed by atoms with van der Waals surface area (Å²) in [4.78, 5) is 29.2. The van der Waals surface area contributed by atoms with Gasteiger partial charge in [-0.1, -0.05) is 27.7 Å².